The van der Waals surface area contributed by atoms with Crippen molar-refractivity contribution in [3.8, 4) is 12.3 Å². The maximum atomic E-state index is 11.4. The summed E-state index contributed by atoms with van der Waals surface area (Å²) in [6.07, 6.45) is 10.7. The maximum Gasteiger partial charge on any atom is 0.233 e. The molecule has 0 bridgehead atoms. The number of oxazole rings is 1. The van der Waals surface area contributed by atoms with Crippen LogP contribution < -0.4 is 5.73 Å². The third-order valence-corrected chi connectivity index (χ3v) is 3.00. The lowest BCUT2D eigenvalue weighted by Crippen LogP contribution is -2.28. The molecule has 4 nitrogen and oxygen atoms in total. The van der Waals surface area contributed by atoms with Crippen molar-refractivity contribution in [1.29, 1.82) is 0 Å². The molecular weight excluding hydrogens is 240 g/mol. The second kappa shape index (κ2) is 6.24. The molecule has 1 aliphatic carbocycles. The lowest BCUT2D eigenvalue weighted by molar-refractivity contribution is -0.120. The summed E-state index contributed by atoms with van der Waals surface area (Å²) in [6.45, 7) is 5.58. The van der Waals surface area contributed by atoms with Gasteiger partial charge in [-0.15, -0.1) is 12.3 Å². The standard InChI is InChI=1S/C12H16N2O2.C3H4/c1-3-5-8-9(4-2)16-11(14-8)12(6-7-12)10(13)15;1-3-2/h3,5H,4,6-7H2,1-2H3,(H2,13,15);1H,2H3/b5-3-;. The van der Waals surface area contributed by atoms with Gasteiger partial charge >= 0.3 is 0 Å². The predicted molar refractivity (Wildman–Crippen MR) is 75.2 cm³/mol. The molecule has 2 rings (SSSR count). The number of nitrogens with zero attached hydrogens (tertiary/aromatic N) is 1. The molecule has 1 aromatic heterocycles. The molecule has 19 heavy (non-hydrogen) atoms. The fraction of sp³-hybridized carbons (Fsp3) is 0.467. The number of allylic oxidation sites excluding steroid dienone is 1. The van der Waals surface area contributed by atoms with Gasteiger partial charge in [-0.2, -0.15) is 0 Å². The van der Waals surface area contributed by atoms with Gasteiger partial charge < -0.3 is 10.2 Å². The van der Waals surface area contributed by atoms with Gasteiger partial charge in [-0.25, -0.2) is 4.98 Å². The van der Waals surface area contributed by atoms with Gasteiger partial charge in [0, 0.05) is 6.42 Å². The van der Waals surface area contributed by atoms with E-state index in [0.29, 0.717) is 5.89 Å². The van der Waals surface area contributed by atoms with E-state index in [1.54, 1.807) is 6.92 Å². The Bertz CT molecular complexity index is 517. The lowest BCUT2D eigenvalue weighted by Gasteiger charge is -2.03. The predicted octanol–water partition coefficient (Wildman–Crippen LogP) is 2.43. The Balaban J connectivity index is 0.000000550. The highest BCUT2D eigenvalue weighted by molar-refractivity contribution is 5.88. The Kier molecular flexibility index (Phi) is 4.94. The van der Waals surface area contributed by atoms with E-state index in [4.69, 9.17) is 10.2 Å². The fourth-order valence-electron chi connectivity index (χ4n) is 1.80. The highest BCUT2D eigenvalue weighted by Gasteiger charge is 2.54. The van der Waals surface area contributed by atoms with Gasteiger partial charge in [-0.05, 0) is 32.8 Å². The zero-order valence-electron chi connectivity index (χ0n) is 11.7. The molecule has 1 aromatic rings. The summed E-state index contributed by atoms with van der Waals surface area (Å²) in [5.74, 6) is 3.23. The summed E-state index contributed by atoms with van der Waals surface area (Å²) >= 11 is 0. The van der Waals surface area contributed by atoms with Crippen molar-refractivity contribution in [3.05, 3.63) is 23.4 Å². The first-order valence-electron chi connectivity index (χ1n) is 6.35. The smallest absolute Gasteiger partial charge is 0.233 e. The number of hydrogen-bond donors (Lipinski definition) is 1. The molecule has 4 heteroatoms. The minimum absolute atomic E-state index is 0.330. The first kappa shape index (κ1) is 15.0. The van der Waals surface area contributed by atoms with Crippen LogP contribution in [0.2, 0.25) is 0 Å². The van der Waals surface area contributed by atoms with Crippen LogP contribution in [0.3, 0.4) is 0 Å². The fourth-order valence-corrected chi connectivity index (χ4v) is 1.80. The van der Waals surface area contributed by atoms with Crippen LogP contribution in [-0.2, 0) is 16.6 Å². The number of terminal acetylenes is 1. The summed E-state index contributed by atoms with van der Waals surface area (Å²) < 4.78 is 5.64. The van der Waals surface area contributed by atoms with Gasteiger partial charge in [0.2, 0.25) is 11.8 Å². The number of aromatic nitrogens is 1. The van der Waals surface area contributed by atoms with Crippen LogP contribution in [0.5, 0.6) is 0 Å². The number of carbonyl (C=O) groups excluding carboxylic acids is 1. The number of amides is 1. The average molecular weight is 260 g/mol. The van der Waals surface area contributed by atoms with Gasteiger partial charge in [0.15, 0.2) is 0 Å². The highest BCUT2D eigenvalue weighted by Crippen LogP contribution is 2.47. The van der Waals surface area contributed by atoms with Crippen molar-refractivity contribution in [2.24, 2.45) is 5.73 Å². The van der Waals surface area contributed by atoms with Crippen molar-refractivity contribution in [3.63, 3.8) is 0 Å². The SMILES string of the molecule is C#CC.C/C=C\c1nc(C2(C(N)=O)CC2)oc1CC. The van der Waals surface area contributed by atoms with Crippen LogP contribution >= 0.6 is 0 Å². The molecule has 0 atom stereocenters. The van der Waals surface area contributed by atoms with E-state index in [9.17, 15) is 4.79 Å². The second-order valence-corrected chi connectivity index (χ2v) is 4.42. The Morgan fingerprint density at radius 2 is 2.21 bits per heavy atom. The zero-order valence-corrected chi connectivity index (χ0v) is 11.7. The molecule has 1 heterocycles. The number of nitrogens with two attached hydrogens (primary N) is 1. The number of hydrogen-bond acceptors (Lipinski definition) is 3. The van der Waals surface area contributed by atoms with Crippen molar-refractivity contribution >= 4 is 12.0 Å². The summed E-state index contributed by atoms with van der Waals surface area (Å²) in [6, 6.07) is 0. The Morgan fingerprint density at radius 3 is 2.58 bits per heavy atom. The summed E-state index contributed by atoms with van der Waals surface area (Å²) in [7, 11) is 0. The van der Waals surface area contributed by atoms with Crippen molar-refractivity contribution < 1.29 is 9.21 Å². The first-order chi connectivity index (χ1) is 9.05. The first-order valence-corrected chi connectivity index (χ1v) is 6.35. The quantitative estimate of drug-likeness (QED) is 0.845. The van der Waals surface area contributed by atoms with Crippen molar-refractivity contribution in [1.82, 2.24) is 4.98 Å². The molecule has 1 aliphatic rings. The molecule has 1 amide bonds. The van der Waals surface area contributed by atoms with Gasteiger partial charge in [-0.1, -0.05) is 13.0 Å². The molecule has 102 valence electrons. The number of carbonyl (C=O) groups is 1. The van der Waals surface area contributed by atoms with E-state index in [2.05, 4.69) is 17.3 Å². The normalized spacial score (nSPS) is 15.5. The molecule has 0 unspecified atom stereocenters. The van der Waals surface area contributed by atoms with Gasteiger partial charge in [0.05, 0.1) is 0 Å². The van der Waals surface area contributed by atoms with E-state index >= 15 is 0 Å². The van der Waals surface area contributed by atoms with Crippen LogP contribution in [0.25, 0.3) is 6.08 Å². The largest absolute Gasteiger partial charge is 0.444 e. The third kappa shape index (κ3) is 3.05. The topological polar surface area (TPSA) is 69.1 Å². The van der Waals surface area contributed by atoms with Crippen LogP contribution in [0.1, 0.15) is 51.0 Å². The van der Waals surface area contributed by atoms with E-state index in [-0.39, 0.29) is 5.91 Å². The molecule has 0 aliphatic heterocycles. The molecule has 1 saturated carbocycles. The molecule has 0 saturated heterocycles. The summed E-state index contributed by atoms with van der Waals surface area (Å²) in [5, 5.41) is 0. The van der Waals surface area contributed by atoms with Crippen molar-refractivity contribution in [2.75, 3.05) is 0 Å². The van der Waals surface area contributed by atoms with Crippen LogP contribution in [0.4, 0.5) is 0 Å². The van der Waals surface area contributed by atoms with Gasteiger partial charge in [-0.3, -0.25) is 4.79 Å². The minimum Gasteiger partial charge on any atom is -0.444 e. The van der Waals surface area contributed by atoms with Crippen LogP contribution in [0, 0.1) is 12.3 Å². The third-order valence-electron chi connectivity index (χ3n) is 3.00. The average Bonchev–Trinajstić information content (AvgIpc) is 3.08. The molecule has 0 radical (unpaired) electrons. The summed E-state index contributed by atoms with van der Waals surface area (Å²) in [5.41, 5.74) is 5.57. The Hall–Kier alpha value is -2.02. The maximum absolute atomic E-state index is 11.4. The van der Waals surface area contributed by atoms with E-state index in [1.165, 1.54) is 0 Å². The number of primary amides is 1. The Labute approximate surface area is 114 Å². The van der Waals surface area contributed by atoms with Crippen LogP contribution in [-0.4, -0.2) is 10.9 Å². The molecule has 0 spiro atoms. The van der Waals surface area contributed by atoms with E-state index in [0.717, 1.165) is 30.7 Å². The molecule has 0 aromatic carbocycles. The monoisotopic (exact) mass is 260 g/mol. The van der Waals surface area contributed by atoms with E-state index < -0.39 is 5.41 Å². The lowest BCUT2D eigenvalue weighted by atomic mass is 10.1. The molecular formula is C15H20N2O2. The van der Waals surface area contributed by atoms with E-state index in [1.807, 2.05) is 26.0 Å². The number of aryl methyl sites for hydroxylation is 1. The second-order valence-electron chi connectivity index (χ2n) is 4.42. The highest BCUT2D eigenvalue weighted by atomic mass is 16.4. The van der Waals surface area contributed by atoms with Gasteiger partial charge in [0.25, 0.3) is 0 Å². The van der Waals surface area contributed by atoms with Gasteiger partial charge in [0.1, 0.15) is 16.9 Å². The van der Waals surface area contributed by atoms with Crippen molar-refractivity contribution in [2.45, 2.75) is 45.4 Å². The minimum atomic E-state index is -0.621. The molecule has 2 N–H and O–H groups in total. The van der Waals surface area contributed by atoms with Crippen LogP contribution in [0.15, 0.2) is 10.5 Å². The molecule has 1 fully saturated rings. The Morgan fingerprint density at radius 1 is 1.63 bits per heavy atom. The zero-order chi connectivity index (χ0) is 14.5. The number of rotatable bonds is 4. The summed E-state index contributed by atoms with van der Waals surface area (Å²) in [4.78, 5) is 15.7.